The highest BCUT2D eigenvalue weighted by molar-refractivity contribution is 5.92. The highest BCUT2D eigenvalue weighted by atomic mass is 19.4. The standard InChI is InChI=1S/C9H10F3NO.C8H9N3O/c1-7-2-4-13-6-8(7)14-5-3-9(10,11)12;9-8(12)7-6-4-10-3-5(6)1-2-11-7/h2,4,6H,3,5H2,1H3;1-2,10H,3-4H2,(H2,9,12). The Balaban J connectivity index is 0.000000189. The molecule has 0 fully saturated rings. The van der Waals surface area contributed by atoms with Crippen molar-refractivity contribution < 1.29 is 22.7 Å². The Morgan fingerprint density at radius 1 is 1.31 bits per heavy atom. The van der Waals surface area contributed by atoms with Crippen molar-refractivity contribution in [2.75, 3.05) is 6.61 Å². The molecule has 26 heavy (non-hydrogen) atoms. The van der Waals surface area contributed by atoms with Gasteiger partial charge in [-0.25, -0.2) is 0 Å². The molecule has 0 spiro atoms. The number of pyridine rings is 2. The summed E-state index contributed by atoms with van der Waals surface area (Å²) in [7, 11) is 0. The van der Waals surface area contributed by atoms with Gasteiger partial charge in [-0.15, -0.1) is 0 Å². The average Bonchev–Trinajstić information content (AvgIpc) is 3.04. The van der Waals surface area contributed by atoms with Gasteiger partial charge in [-0.2, -0.15) is 13.2 Å². The average molecular weight is 368 g/mol. The molecule has 1 aliphatic rings. The molecule has 2 aromatic heterocycles. The van der Waals surface area contributed by atoms with Gasteiger partial charge in [-0.3, -0.25) is 14.8 Å². The number of aryl methyl sites for hydroxylation is 1. The molecule has 0 aromatic carbocycles. The van der Waals surface area contributed by atoms with Crippen LogP contribution in [0.1, 0.15) is 33.6 Å². The van der Waals surface area contributed by atoms with E-state index in [1.54, 1.807) is 25.4 Å². The van der Waals surface area contributed by atoms with Crippen LogP contribution in [0, 0.1) is 6.92 Å². The van der Waals surface area contributed by atoms with E-state index in [9.17, 15) is 18.0 Å². The van der Waals surface area contributed by atoms with Crippen LogP contribution in [0.3, 0.4) is 0 Å². The third kappa shape index (κ3) is 5.69. The minimum absolute atomic E-state index is 0.365. The van der Waals surface area contributed by atoms with E-state index in [4.69, 9.17) is 10.5 Å². The summed E-state index contributed by atoms with van der Waals surface area (Å²) in [6.45, 7) is 2.89. The summed E-state index contributed by atoms with van der Waals surface area (Å²) in [5, 5.41) is 3.14. The van der Waals surface area contributed by atoms with Crippen molar-refractivity contribution in [1.82, 2.24) is 15.3 Å². The van der Waals surface area contributed by atoms with E-state index in [1.807, 2.05) is 6.07 Å². The summed E-state index contributed by atoms with van der Waals surface area (Å²) in [5.74, 6) is -0.0488. The smallest absolute Gasteiger partial charge is 0.392 e. The van der Waals surface area contributed by atoms with Gasteiger partial charge in [-0.05, 0) is 30.2 Å². The number of fused-ring (bicyclic) bond motifs is 1. The number of ether oxygens (including phenoxy) is 1. The van der Waals surface area contributed by atoms with E-state index in [0.29, 0.717) is 18.0 Å². The zero-order valence-electron chi connectivity index (χ0n) is 14.1. The highest BCUT2D eigenvalue weighted by Crippen LogP contribution is 2.21. The van der Waals surface area contributed by atoms with E-state index in [1.165, 1.54) is 6.20 Å². The molecule has 0 radical (unpaired) electrons. The topological polar surface area (TPSA) is 90.1 Å². The number of nitrogens with one attached hydrogen (secondary N) is 1. The largest absolute Gasteiger partial charge is 0.491 e. The first kappa shape index (κ1) is 19.6. The fourth-order valence-corrected chi connectivity index (χ4v) is 2.31. The maximum atomic E-state index is 11.8. The van der Waals surface area contributed by atoms with Crippen molar-refractivity contribution in [2.45, 2.75) is 32.6 Å². The number of aromatic nitrogens is 2. The maximum Gasteiger partial charge on any atom is 0.392 e. The minimum atomic E-state index is -4.17. The summed E-state index contributed by atoms with van der Waals surface area (Å²) >= 11 is 0. The van der Waals surface area contributed by atoms with E-state index >= 15 is 0 Å². The number of carbonyl (C=O) groups is 1. The van der Waals surface area contributed by atoms with Gasteiger partial charge >= 0.3 is 6.18 Å². The van der Waals surface area contributed by atoms with Crippen molar-refractivity contribution in [3.63, 3.8) is 0 Å². The SMILES string of the molecule is Cc1ccncc1OCCC(F)(F)F.NC(=O)c1nccc2c1CNC2. The molecule has 2 aromatic rings. The summed E-state index contributed by atoms with van der Waals surface area (Å²) in [6.07, 6.45) is -0.527. The lowest BCUT2D eigenvalue weighted by Gasteiger charge is -2.09. The van der Waals surface area contributed by atoms with Crippen molar-refractivity contribution in [2.24, 2.45) is 5.73 Å². The zero-order valence-corrected chi connectivity index (χ0v) is 14.1. The lowest BCUT2D eigenvalue weighted by Crippen LogP contribution is -2.16. The van der Waals surface area contributed by atoms with Gasteiger partial charge in [0.15, 0.2) is 0 Å². The van der Waals surface area contributed by atoms with Gasteiger partial charge in [-0.1, -0.05) is 0 Å². The van der Waals surface area contributed by atoms with Gasteiger partial charge in [0.05, 0.1) is 19.2 Å². The van der Waals surface area contributed by atoms with Crippen LogP contribution in [0.4, 0.5) is 13.2 Å². The number of amides is 1. The molecule has 0 unspecified atom stereocenters. The van der Waals surface area contributed by atoms with Crippen LogP contribution < -0.4 is 15.8 Å². The summed E-state index contributed by atoms with van der Waals surface area (Å²) in [5.41, 5.74) is 8.41. The maximum absolute atomic E-state index is 11.8. The fourth-order valence-electron chi connectivity index (χ4n) is 2.31. The fraction of sp³-hybridized carbons (Fsp3) is 0.353. The number of carbonyl (C=O) groups excluding carboxylic acids is 1. The molecule has 6 nitrogen and oxygen atoms in total. The molecule has 0 bridgehead atoms. The summed E-state index contributed by atoms with van der Waals surface area (Å²) in [6, 6.07) is 3.59. The first-order chi connectivity index (χ1) is 12.3. The lowest BCUT2D eigenvalue weighted by atomic mass is 10.1. The van der Waals surface area contributed by atoms with Crippen LogP contribution in [-0.4, -0.2) is 28.7 Å². The number of hydrogen-bond acceptors (Lipinski definition) is 5. The van der Waals surface area contributed by atoms with Gasteiger partial charge in [0.1, 0.15) is 11.4 Å². The predicted octanol–water partition coefficient (Wildman–Crippen LogP) is 2.50. The molecule has 3 heterocycles. The van der Waals surface area contributed by atoms with Crippen molar-refractivity contribution in [3.05, 3.63) is 53.1 Å². The van der Waals surface area contributed by atoms with Gasteiger partial charge in [0, 0.05) is 31.0 Å². The van der Waals surface area contributed by atoms with Crippen LogP contribution in [0.5, 0.6) is 5.75 Å². The lowest BCUT2D eigenvalue weighted by molar-refractivity contribution is -0.139. The Hall–Kier alpha value is -2.68. The monoisotopic (exact) mass is 368 g/mol. The Labute approximate surface area is 148 Å². The van der Waals surface area contributed by atoms with Crippen molar-refractivity contribution in [1.29, 1.82) is 0 Å². The van der Waals surface area contributed by atoms with E-state index in [0.717, 1.165) is 23.2 Å². The Kier molecular flexibility index (Phi) is 6.51. The molecule has 0 atom stereocenters. The third-order valence-corrected chi connectivity index (χ3v) is 3.64. The van der Waals surface area contributed by atoms with Gasteiger partial charge < -0.3 is 15.8 Å². The molecule has 9 heteroatoms. The minimum Gasteiger partial charge on any atom is -0.491 e. The van der Waals surface area contributed by atoms with Crippen molar-refractivity contribution in [3.8, 4) is 5.75 Å². The van der Waals surface area contributed by atoms with E-state index in [-0.39, 0.29) is 6.61 Å². The number of rotatable bonds is 4. The number of nitrogens with zero attached hydrogens (tertiary/aromatic N) is 2. The third-order valence-electron chi connectivity index (χ3n) is 3.64. The normalized spacial score (nSPS) is 12.8. The molecule has 3 N–H and O–H groups in total. The second kappa shape index (κ2) is 8.61. The molecule has 140 valence electrons. The van der Waals surface area contributed by atoms with Crippen LogP contribution in [0.2, 0.25) is 0 Å². The van der Waals surface area contributed by atoms with Crippen LogP contribution in [0.25, 0.3) is 0 Å². The van der Waals surface area contributed by atoms with Gasteiger partial charge in [0.25, 0.3) is 5.91 Å². The highest BCUT2D eigenvalue weighted by Gasteiger charge is 2.26. The predicted molar refractivity (Wildman–Crippen MR) is 88.4 cm³/mol. The van der Waals surface area contributed by atoms with Crippen LogP contribution in [-0.2, 0) is 13.1 Å². The Bertz CT molecular complexity index is 766. The summed E-state index contributed by atoms with van der Waals surface area (Å²) in [4.78, 5) is 18.6. The first-order valence-corrected chi connectivity index (χ1v) is 7.85. The van der Waals surface area contributed by atoms with E-state index in [2.05, 4.69) is 15.3 Å². The Morgan fingerprint density at radius 3 is 2.73 bits per heavy atom. The number of nitrogens with two attached hydrogens (primary N) is 1. The molecule has 0 saturated heterocycles. The van der Waals surface area contributed by atoms with Crippen molar-refractivity contribution >= 4 is 5.91 Å². The summed E-state index contributed by atoms with van der Waals surface area (Å²) < 4.78 is 40.2. The molecular formula is C17H19F3N4O2. The molecule has 0 aliphatic carbocycles. The number of primary amides is 1. The van der Waals surface area contributed by atoms with Crippen LogP contribution in [0.15, 0.2) is 30.7 Å². The molecule has 3 rings (SSSR count). The second-order valence-corrected chi connectivity index (χ2v) is 5.62. The number of alkyl halides is 3. The van der Waals surface area contributed by atoms with E-state index < -0.39 is 18.5 Å². The van der Waals surface area contributed by atoms with Crippen LogP contribution >= 0.6 is 0 Å². The van der Waals surface area contributed by atoms with Gasteiger partial charge in [0.2, 0.25) is 0 Å². The molecular weight excluding hydrogens is 349 g/mol. The second-order valence-electron chi connectivity index (χ2n) is 5.62. The first-order valence-electron chi connectivity index (χ1n) is 7.85. The quantitative estimate of drug-likeness (QED) is 0.865. The zero-order chi connectivity index (χ0) is 19.2. The molecule has 0 saturated carbocycles. The number of halogens is 3. The molecule has 1 aliphatic heterocycles. The Morgan fingerprint density at radius 2 is 2.08 bits per heavy atom. The molecule has 1 amide bonds. The number of hydrogen-bond donors (Lipinski definition) is 2.